The predicted molar refractivity (Wildman–Crippen MR) is 122 cm³/mol. The van der Waals surface area contributed by atoms with E-state index < -0.39 is 0 Å². The molecule has 5 rings (SSSR count). The van der Waals surface area contributed by atoms with Gasteiger partial charge in [0.1, 0.15) is 17.1 Å². The lowest BCUT2D eigenvalue weighted by atomic mass is 10.0. The van der Waals surface area contributed by atoms with Gasteiger partial charge in [0.25, 0.3) is 0 Å². The topological polar surface area (TPSA) is 47.6 Å². The maximum Gasteiger partial charge on any atom is 0.210 e. The summed E-state index contributed by atoms with van der Waals surface area (Å²) in [5.41, 5.74) is 2.92. The van der Waals surface area contributed by atoms with E-state index in [1.165, 1.54) is 23.4 Å². The molecule has 0 saturated carbocycles. The number of hydrogen-bond donors (Lipinski definition) is 0. The molecule has 2 heterocycles. The fourth-order valence-corrected chi connectivity index (χ4v) is 4.90. The smallest absolute Gasteiger partial charge is 0.210 e. The van der Waals surface area contributed by atoms with Gasteiger partial charge in [-0.25, -0.2) is 9.98 Å². The van der Waals surface area contributed by atoms with Gasteiger partial charge in [0.05, 0.1) is 17.7 Å². The van der Waals surface area contributed by atoms with Gasteiger partial charge < -0.3 is 9.15 Å². The van der Waals surface area contributed by atoms with E-state index in [2.05, 4.69) is 0 Å². The molecule has 0 amide bonds. The van der Waals surface area contributed by atoms with Crippen LogP contribution in [0.1, 0.15) is 30.3 Å². The Hall–Kier alpha value is -2.63. The van der Waals surface area contributed by atoms with Crippen molar-refractivity contribution in [3.8, 4) is 17.1 Å². The normalized spacial score (nSPS) is 14.1. The molecule has 0 spiro atoms. The molecule has 4 aromatic rings. The molecule has 6 heteroatoms. The van der Waals surface area contributed by atoms with E-state index in [1.807, 2.05) is 55.5 Å². The fourth-order valence-electron chi connectivity index (χ4n) is 3.74. The van der Waals surface area contributed by atoms with Crippen molar-refractivity contribution in [3.63, 3.8) is 0 Å². The lowest BCUT2D eigenvalue weighted by Gasteiger charge is -2.07. The molecule has 0 fully saturated rings. The first-order chi connectivity index (χ1) is 14.7. The minimum atomic E-state index is 0.608. The molecule has 1 aliphatic rings. The van der Waals surface area contributed by atoms with Crippen LogP contribution in [0.15, 0.2) is 57.9 Å². The zero-order valence-corrected chi connectivity index (χ0v) is 18.2. The van der Waals surface area contributed by atoms with Gasteiger partial charge in [-0.2, -0.15) is 0 Å². The maximum absolute atomic E-state index is 6.20. The Morgan fingerprint density at radius 1 is 1.10 bits per heavy atom. The number of rotatable bonds is 4. The van der Waals surface area contributed by atoms with E-state index in [0.717, 1.165) is 51.4 Å². The summed E-state index contributed by atoms with van der Waals surface area (Å²) in [5.74, 6) is 1.54. The highest BCUT2D eigenvalue weighted by Gasteiger charge is 2.15. The number of fused-ring (bicyclic) bond motifs is 2. The molecule has 0 atom stereocenters. The van der Waals surface area contributed by atoms with Crippen molar-refractivity contribution < 1.29 is 9.15 Å². The Kier molecular flexibility index (Phi) is 5.32. The van der Waals surface area contributed by atoms with Crippen LogP contribution >= 0.6 is 22.9 Å². The average Bonchev–Trinajstić information content (AvgIpc) is 3.17. The van der Waals surface area contributed by atoms with Gasteiger partial charge in [0.15, 0.2) is 0 Å². The third-order valence-electron chi connectivity index (χ3n) is 5.20. The molecule has 0 aliphatic heterocycles. The van der Waals surface area contributed by atoms with Crippen LogP contribution < -0.4 is 10.1 Å². The summed E-state index contributed by atoms with van der Waals surface area (Å²) in [4.78, 5) is 11.1. The molecule has 0 bridgehead atoms. The van der Waals surface area contributed by atoms with Gasteiger partial charge >= 0.3 is 0 Å². The second-order valence-corrected chi connectivity index (χ2v) is 8.78. The van der Waals surface area contributed by atoms with Crippen LogP contribution in [0, 0.1) is 0 Å². The number of halogens is 1. The summed E-state index contributed by atoms with van der Waals surface area (Å²) >= 11 is 7.76. The van der Waals surface area contributed by atoms with Crippen molar-refractivity contribution >= 4 is 39.0 Å². The zero-order chi connectivity index (χ0) is 20.5. The summed E-state index contributed by atoms with van der Waals surface area (Å²) in [7, 11) is 0. The molecule has 0 saturated heterocycles. The first-order valence-corrected chi connectivity index (χ1v) is 11.4. The summed E-state index contributed by atoms with van der Waals surface area (Å²) in [5, 5.41) is 3.23. The Labute approximate surface area is 183 Å². The average molecular weight is 437 g/mol. The molecular weight excluding hydrogens is 416 g/mol. The van der Waals surface area contributed by atoms with Gasteiger partial charge in [0.2, 0.25) is 5.13 Å². The Morgan fingerprint density at radius 3 is 2.73 bits per heavy atom. The molecule has 4 nitrogen and oxygen atoms in total. The predicted octanol–water partition coefficient (Wildman–Crippen LogP) is 6.72. The molecular formula is C24H21ClN2O2S. The fraction of sp³-hybridized carbons (Fsp3) is 0.250. The van der Waals surface area contributed by atoms with Crippen LogP contribution in [-0.2, 0) is 12.8 Å². The molecule has 152 valence electrons. The minimum Gasteiger partial charge on any atom is -0.494 e. The summed E-state index contributed by atoms with van der Waals surface area (Å²) in [6.45, 7) is 2.58. The number of benzene rings is 2. The van der Waals surface area contributed by atoms with Crippen molar-refractivity contribution in [2.45, 2.75) is 32.6 Å². The molecule has 2 aromatic carbocycles. The first kappa shape index (κ1) is 19.3. The van der Waals surface area contributed by atoms with E-state index in [1.54, 1.807) is 11.3 Å². The minimum absolute atomic E-state index is 0.608. The second kappa shape index (κ2) is 8.25. The van der Waals surface area contributed by atoms with Crippen molar-refractivity contribution in [2.75, 3.05) is 6.61 Å². The largest absolute Gasteiger partial charge is 0.494 e. The first-order valence-electron chi connectivity index (χ1n) is 10.2. The molecule has 0 unspecified atom stereocenters. The van der Waals surface area contributed by atoms with Gasteiger partial charge in [-0.1, -0.05) is 22.9 Å². The van der Waals surface area contributed by atoms with Gasteiger partial charge in [-0.15, -0.1) is 0 Å². The van der Waals surface area contributed by atoms with Crippen LogP contribution in [0.25, 0.3) is 22.3 Å². The van der Waals surface area contributed by atoms with Crippen molar-refractivity contribution in [3.05, 3.63) is 69.5 Å². The van der Waals surface area contributed by atoms with Crippen LogP contribution in [0.5, 0.6) is 5.75 Å². The molecule has 30 heavy (non-hydrogen) atoms. The van der Waals surface area contributed by atoms with Crippen LogP contribution in [0.4, 0.5) is 5.13 Å². The third-order valence-corrected chi connectivity index (χ3v) is 6.51. The Morgan fingerprint density at radius 2 is 1.93 bits per heavy atom. The van der Waals surface area contributed by atoms with Gasteiger partial charge in [0, 0.05) is 26.9 Å². The molecule has 0 N–H and O–H groups in total. The van der Waals surface area contributed by atoms with Crippen molar-refractivity contribution in [1.29, 1.82) is 0 Å². The van der Waals surface area contributed by atoms with E-state index >= 15 is 0 Å². The number of aromatic nitrogens is 1. The second-order valence-electron chi connectivity index (χ2n) is 7.28. The lowest BCUT2D eigenvalue weighted by molar-refractivity contribution is 0.340. The maximum atomic E-state index is 6.20. The van der Waals surface area contributed by atoms with E-state index in [-0.39, 0.29) is 0 Å². The van der Waals surface area contributed by atoms with Crippen LogP contribution in [0.2, 0.25) is 5.02 Å². The highest BCUT2D eigenvalue weighted by molar-refractivity contribution is 7.15. The lowest BCUT2D eigenvalue weighted by Crippen LogP contribution is -2.04. The highest BCUT2D eigenvalue weighted by atomic mass is 35.5. The number of aryl methyl sites for hydroxylation is 2. The molecule has 0 radical (unpaired) electrons. The van der Waals surface area contributed by atoms with Crippen molar-refractivity contribution in [2.24, 2.45) is 4.99 Å². The molecule has 2 aromatic heterocycles. The van der Waals surface area contributed by atoms with E-state index in [4.69, 9.17) is 30.7 Å². The van der Waals surface area contributed by atoms with Crippen LogP contribution in [-0.4, -0.2) is 11.6 Å². The summed E-state index contributed by atoms with van der Waals surface area (Å²) < 4.78 is 11.9. The monoisotopic (exact) mass is 436 g/mol. The number of hydrogen-bond acceptors (Lipinski definition) is 5. The van der Waals surface area contributed by atoms with Gasteiger partial charge in [-0.05, 0) is 75.1 Å². The van der Waals surface area contributed by atoms with Gasteiger partial charge in [-0.3, -0.25) is 0 Å². The standard InChI is InChI=1S/C24H21ClN2O2S/c1-2-28-17-11-12-21-18(13-17)20(14-22(29-21)15-7-9-16(25)10-8-15)27-24-26-19-5-3-4-6-23(19)30-24/h7-14H,2-6H2,1H3. The summed E-state index contributed by atoms with van der Waals surface area (Å²) in [6.07, 6.45) is 4.61. The van der Waals surface area contributed by atoms with E-state index in [0.29, 0.717) is 11.6 Å². The highest BCUT2D eigenvalue weighted by Crippen LogP contribution is 2.32. The quantitative estimate of drug-likeness (QED) is 0.356. The van der Waals surface area contributed by atoms with Crippen molar-refractivity contribution in [1.82, 2.24) is 4.98 Å². The Bertz CT molecular complexity index is 1250. The molecule has 1 aliphatic carbocycles. The Balaban J connectivity index is 1.70. The number of thiazole rings is 1. The number of nitrogens with zero attached hydrogens (tertiary/aromatic N) is 2. The zero-order valence-electron chi connectivity index (χ0n) is 16.7. The third kappa shape index (κ3) is 3.87. The van der Waals surface area contributed by atoms with Crippen LogP contribution in [0.3, 0.4) is 0 Å². The van der Waals surface area contributed by atoms with E-state index in [9.17, 15) is 0 Å². The number of ether oxygens (including phenoxy) is 1. The SMILES string of the molecule is CCOc1ccc2oc(-c3ccc(Cl)cc3)cc(=Nc3nc4c(s3)CCCC4)c2c1. The summed E-state index contributed by atoms with van der Waals surface area (Å²) in [6, 6.07) is 15.4.